The number of aromatic nitrogens is 1. The molecule has 6 heteroatoms. The van der Waals surface area contributed by atoms with Crippen molar-refractivity contribution in [2.24, 2.45) is 0 Å². The molecule has 2 aromatic rings. The number of nitrogens with zero attached hydrogens (tertiary/aromatic N) is 2. The van der Waals surface area contributed by atoms with E-state index in [-0.39, 0.29) is 17.8 Å². The van der Waals surface area contributed by atoms with Gasteiger partial charge in [-0.1, -0.05) is 0 Å². The fourth-order valence-electron chi connectivity index (χ4n) is 2.94. The molecule has 0 aliphatic carbocycles. The first-order valence-electron chi connectivity index (χ1n) is 8.17. The van der Waals surface area contributed by atoms with Gasteiger partial charge in [0.2, 0.25) is 5.89 Å². The molecule has 1 aromatic carbocycles. The second-order valence-corrected chi connectivity index (χ2v) is 6.20. The Morgan fingerprint density at radius 1 is 1.42 bits per heavy atom. The van der Waals surface area contributed by atoms with Gasteiger partial charge in [0.15, 0.2) is 0 Å². The van der Waals surface area contributed by atoms with Crippen LogP contribution in [0.4, 0.5) is 4.39 Å². The van der Waals surface area contributed by atoms with Crippen molar-refractivity contribution >= 4 is 0 Å². The Hall–Kier alpha value is -1.92. The lowest BCUT2D eigenvalue weighted by Gasteiger charge is -2.19. The minimum atomic E-state index is -0.378. The molecule has 5 nitrogen and oxygen atoms in total. The molecule has 0 N–H and O–H groups in total. The van der Waals surface area contributed by atoms with Crippen molar-refractivity contribution in [3.63, 3.8) is 0 Å². The predicted octanol–water partition coefficient (Wildman–Crippen LogP) is 3.41. The van der Waals surface area contributed by atoms with E-state index >= 15 is 0 Å². The Morgan fingerprint density at radius 3 is 2.96 bits per heavy atom. The molecule has 1 fully saturated rings. The summed E-state index contributed by atoms with van der Waals surface area (Å²) in [5.74, 6) is 1.17. The molecule has 1 aliphatic rings. The van der Waals surface area contributed by atoms with Crippen LogP contribution in [0.1, 0.15) is 24.3 Å². The highest BCUT2D eigenvalue weighted by atomic mass is 19.1. The molecular weight excluding hydrogens is 311 g/mol. The number of hydrogen-bond acceptors (Lipinski definition) is 5. The maximum absolute atomic E-state index is 14.1. The first-order valence-corrected chi connectivity index (χ1v) is 8.17. The Balaban J connectivity index is 1.75. The van der Waals surface area contributed by atoms with Crippen LogP contribution in [0.3, 0.4) is 0 Å². The first-order chi connectivity index (χ1) is 11.6. The predicted molar refractivity (Wildman–Crippen MR) is 88.5 cm³/mol. The molecule has 1 saturated heterocycles. The SMILES string of the molecule is COc1ccc(F)c(-c2nc(CN(C)CC3CCCO3)c(C)o2)c1. The molecule has 0 amide bonds. The molecule has 130 valence electrons. The van der Waals surface area contributed by atoms with Crippen molar-refractivity contribution in [1.82, 2.24) is 9.88 Å². The van der Waals surface area contributed by atoms with Gasteiger partial charge in [-0.3, -0.25) is 4.90 Å². The summed E-state index contributed by atoms with van der Waals surface area (Å²) in [5.41, 5.74) is 1.12. The lowest BCUT2D eigenvalue weighted by atomic mass is 10.2. The first kappa shape index (κ1) is 16.9. The van der Waals surface area contributed by atoms with Crippen LogP contribution in [0.2, 0.25) is 0 Å². The van der Waals surface area contributed by atoms with E-state index in [9.17, 15) is 4.39 Å². The zero-order chi connectivity index (χ0) is 17.1. The van der Waals surface area contributed by atoms with Crippen LogP contribution in [-0.2, 0) is 11.3 Å². The highest BCUT2D eigenvalue weighted by Crippen LogP contribution is 2.28. The third-order valence-corrected chi connectivity index (χ3v) is 4.26. The third kappa shape index (κ3) is 3.76. The zero-order valence-electron chi connectivity index (χ0n) is 14.3. The number of rotatable bonds is 6. The summed E-state index contributed by atoms with van der Waals surface area (Å²) >= 11 is 0. The van der Waals surface area contributed by atoms with Crippen LogP contribution < -0.4 is 4.74 Å². The molecular formula is C18H23FN2O3. The van der Waals surface area contributed by atoms with Gasteiger partial charge >= 0.3 is 0 Å². The summed E-state index contributed by atoms with van der Waals surface area (Å²) < 4.78 is 30.6. The summed E-state index contributed by atoms with van der Waals surface area (Å²) in [6, 6.07) is 4.53. The van der Waals surface area contributed by atoms with Crippen LogP contribution in [0.5, 0.6) is 5.75 Å². The summed E-state index contributed by atoms with van der Waals surface area (Å²) in [6.07, 6.45) is 2.51. The molecule has 1 aliphatic heterocycles. The highest BCUT2D eigenvalue weighted by Gasteiger charge is 2.20. The van der Waals surface area contributed by atoms with Crippen LogP contribution in [0, 0.1) is 12.7 Å². The number of methoxy groups -OCH3 is 1. The van der Waals surface area contributed by atoms with Crippen LogP contribution >= 0.6 is 0 Å². The minimum absolute atomic E-state index is 0.282. The van der Waals surface area contributed by atoms with Crippen molar-refractivity contribution in [3.05, 3.63) is 35.5 Å². The van der Waals surface area contributed by atoms with Gasteiger partial charge in [0.25, 0.3) is 0 Å². The highest BCUT2D eigenvalue weighted by molar-refractivity contribution is 5.57. The molecule has 1 aromatic heterocycles. The van der Waals surface area contributed by atoms with Gasteiger partial charge in [-0.05, 0) is 45.0 Å². The van der Waals surface area contributed by atoms with Crippen LogP contribution in [-0.4, -0.2) is 43.3 Å². The van der Waals surface area contributed by atoms with E-state index in [1.807, 2.05) is 14.0 Å². The van der Waals surface area contributed by atoms with Gasteiger partial charge in [-0.25, -0.2) is 9.37 Å². The van der Waals surface area contributed by atoms with Crippen molar-refractivity contribution in [1.29, 1.82) is 0 Å². The zero-order valence-corrected chi connectivity index (χ0v) is 14.3. The molecule has 0 radical (unpaired) electrons. The Bertz CT molecular complexity index is 696. The quantitative estimate of drug-likeness (QED) is 0.810. The summed E-state index contributed by atoms with van der Waals surface area (Å²) in [7, 11) is 3.57. The maximum Gasteiger partial charge on any atom is 0.229 e. The fraction of sp³-hybridized carbons (Fsp3) is 0.500. The normalized spacial score (nSPS) is 17.6. The number of oxazole rings is 1. The lowest BCUT2D eigenvalue weighted by molar-refractivity contribution is 0.0789. The van der Waals surface area contributed by atoms with Gasteiger partial charge < -0.3 is 13.9 Å². The van der Waals surface area contributed by atoms with Gasteiger partial charge in [0, 0.05) is 19.7 Å². The fourth-order valence-corrected chi connectivity index (χ4v) is 2.94. The molecule has 24 heavy (non-hydrogen) atoms. The van der Waals surface area contributed by atoms with Crippen molar-refractivity contribution in [2.75, 3.05) is 27.3 Å². The molecule has 2 heterocycles. The van der Waals surface area contributed by atoms with Gasteiger partial charge in [0.05, 0.1) is 24.5 Å². The topological polar surface area (TPSA) is 47.7 Å². The van der Waals surface area contributed by atoms with Gasteiger partial charge in [0.1, 0.15) is 17.3 Å². The van der Waals surface area contributed by atoms with Crippen molar-refractivity contribution in [3.8, 4) is 17.2 Å². The number of benzene rings is 1. The molecule has 1 unspecified atom stereocenters. The summed E-state index contributed by atoms with van der Waals surface area (Å²) in [5, 5.41) is 0. The smallest absolute Gasteiger partial charge is 0.229 e. The monoisotopic (exact) mass is 334 g/mol. The van der Waals surface area contributed by atoms with Crippen molar-refractivity contribution < 1.29 is 18.3 Å². The second kappa shape index (κ2) is 7.32. The maximum atomic E-state index is 14.1. The Kier molecular flexibility index (Phi) is 5.16. The lowest BCUT2D eigenvalue weighted by Crippen LogP contribution is -2.28. The number of hydrogen-bond donors (Lipinski definition) is 0. The van der Waals surface area contributed by atoms with E-state index in [4.69, 9.17) is 13.9 Å². The van der Waals surface area contributed by atoms with Gasteiger partial charge in [-0.2, -0.15) is 0 Å². The Morgan fingerprint density at radius 2 is 2.25 bits per heavy atom. The summed E-state index contributed by atoms with van der Waals surface area (Å²) in [6.45, 7) is 4.19. The summed E-state index contributed by atoms with van der Waals surface area (Å²) in [4.78, 5) is 6.65. The number of ether oxygens (including phenoxy) is 2. The van der Waals surface area contributed by atoms with E-state index in [2.05, 4.69) is 9.88 Å². The Labute approximate surface area is 141 Å². The van der Waals surface area contributed by atoms with Gasteiger partial charge in [-0.15, -0.1) is 0 Å². The van der Waals surface area contributed by atoms with Crippen LogP contribution in [0.25, 0.3) is 11.5 Å². The van der Waals surface area contributed by atoms with E-state index < -0.39 is 0 Å². The average Bonchev–Trinajstić information content (AvgIpc) is 3.18. The molecule has 0 spiro atoms. The number of likely N-dealkylation sites (N-methyl/N-ethyl adjacent to an activating group) is 1. The largest absolute Gasteiger partial charge is 0.497 e. The van der Waals surface area contributed by atoms with E-state index in [1.165, 1.54) is 6.07 Å². The number of halogens is 1. The average molecular weight is 334 g/mol. The minimum Gasteiger partial charge on any atom is -0.497 e. The van der Waals surface area contributed by atoms with Crippen LogP contribution in [0.15, 0.2) is 22.6 Å². The second-order valence-electron chi connectivity index (χ2n) is 6.20. The van der Waals surface area contributed by atoms with Crippen molar-refractivity contribution in [2.45, 2.75) is 32.4 Å². The third-order valence-electron chi connectivity index (χ3n) is 4.26. The standard InChI is InChI=1S/C18H23FN2O3/c1-12-17(11-21(2)10-14-5-4-8-23-14)20-18(24-12)15-9-13(22-3)6-7-16(15)19/h6-7,9,14H,4-5,8,10-11H2,1-3H3. The number of aryl methyl sites for hydroxylation is 1. The molecule has 1 atom stereocenters. The molecule has 3 rings (SSSR count). The molecule has 0 saturated carbocycles. The van der Waals surface area contributed by atoms with E-state index in [0.717, 1.165) is 31.7 Å². The van der Waals surface area contributed by atoms with E-state index in [1.54, 1.807) is 19.2 Å². The van der Waals surface area contributed by atoms with E-state index in [0.29, 0.717) is 23.6 Å². The molecule has 0 bridgehead atoms.